The van der Waals surface area contributed by atoms with Gasteiger partial charge in [0.1, 0.15) is 0 Å². The minimum atomic E-state index is -2.50. The van der Waals surface area contributed by atoms with Gasteiger partial charge in [0.05, 0.1) is 12.0 Å². The van der Waals surface area contributed by atoms with Gasteiger partial charge in [0.15, 0.2) is 0 Å². The molecule has 0 atom stereocenters. The lowest BCUT2D eigenvalue weighted by Crippen LogP contribution is -2.33. The second-order valence-electron chi connectivity index (χ2n) is 5.04. The van der Waals surface area contributed by atoms with Crippen LogP contribution in [0.25, 0.3) is 5.69 Å². The van der Waals surface area contributed by atoms with Crippen molar-refractivity contribution >= 4 is 0 Å². The van der Waals surface area contributed by atoms with Crippen LogP contribution in [0.2, 0.25) is 0 Å². The number of hydrogen-bond donors (Lipinski definition) is 1. The molecule has 2 aromatic rings. The third-order valence-electron chi connectivity index (χ3n) is 3.58. The smallest absolute Gasteiger partial charge is 0.249 e. The van der Waals surface area contributed by atoms with Gasteiger partial charge >= 0.3 is 0 Å². The van der Waals surface area contributed by atoms with Crippen molar-refractivity contribution in [1.82, 2.24) is 9.55 Å². The maximum Gasteiger partial charge on any atom is 0.249 e. The van der Waals surface area contributed by atoms with Crippen LogP contribution in [0.3, 0.4) is 0 Å². The Morgan fingerprint density at radius 1 is 1.26 bits per heavy atom. The Balaban J connectivity index is 1.77. The second-order valence-corrected chi connectivity index (χ2v) is 5.04. The van der Waals surface area contributed by atoms with E-state index in [1.165, 1.54) is 0 Å². The molecule has 1 heterocycles. The number of aromatic nitrogens is 2. The molecule has 0 amide bonds. The van der Waals surface area contributed by atoms with Gasteiger partial charge in [-0.1, -0.05) is 12.1 Å². The fourth-order valence-electron chi connectivity index (χ4n) is 2.36. The highest BCUT2D eigenvalue weighted by molar-refractivity contribution is 5.35. The van der Waals surface area contributed by atoms with E-state index in [0.29, 0.717) is 6.54 Å². The molecule has 2 N–H and O–H groups in total. The molecule has 1 aromatic carbocycles. The Hall–Kier alpha value is -1.75. The first-order chi connectivity index (χ1) is 9.07. The minimum absolute atomic E-state index is 0.0872. The Morgan fingerprint density at radius 2 is 1.95 bits per heavy atom. The van der Waals surface area contributed by atoms with Crippen LogP contribution < -0.4 is 5.73 Å². The molecule has 1 fully saturated rings. The SMILES string of the molecule is NCc1ccc(-n2cnc(C3CC(F)(F)C3)c2)cc1. The quantitative estimate of drug-likeness (QED) is 0.925. The highest BCUT2D eigenvalue weighted by Crippen LogP contribution is 2.47. The van der Waals surface area contributed by atoms with E-state index in [1.54, 1.807) is 6.33 Å². The van der Waals surface area contributed by atoms with Crippen molar-refractivity contribution in [2.24, 2.45) is 5.73 Å². The summed E-state index contributed by atoms with van der Waals surface area (Å²) in [4.78, 5) is 4.23. The third kappa shape index (κ3) is 2.38. The third-order valence-corrected chi connectivity index (χ3v) is 3.58. The lowest BCUT2D eigenvalue weighted by Gasteiger charge is -2.33. The summed E-state index contributed by atoms with van der Waals surface area (Å²) in [7, 11) is 0. The fraction of sp³-hybridized carbons (Fsp3) is 0.357. The summed E-state index contributed by atoms with van der Waals surface area (Å²) in [6.07, 6.45) is 3.33. The Morgan fingerprint density at radius 3 is 2.53 bits per heavy atom. The van der Waals surface area contributed by atoms with Gasteiger partial charge in [0, 0.05) is 37.2 Å². The van der Waals surface area contributed by atoms with E-state index in [9.17, 15) is 8.78 Å². The molecule has 0 spiro atoms. The first kappa shape index (κ1) is 12.3. The largest absolute Gasteiger partial charge is 0.326 e. The number of hydrogen-bond acceptors (Lipinski definition) is 2. The summed E-state index contributed by atoms with van der Waals surface area (Å²) in [6.45, 7) is 0.507. The summed E-state index contributed by atoms with van der Waals surface area (Å²) in [5.41, 5.74) is 8.31. The molecule has 0 bridgehead atoms. The predicted molar refractivity (Wildman–Crippen MR) is 68.4 cm³/mol. The highest BCUT2D eigenvalue weighted by atomic mass is 19.3. The van der Waals surface area contributed by atoms with E-state index >= 15 is 0 Å². The molecule has 1 aliphatic rings. The molecular weight excluding hydrogens is 248 g/mol. The molecule has 19 heavy (non-hydrogen) atoms. The van der Waals surface area contributed by atoms with Crippen molar-refractivity contribution in [1.29, 1.82) is 0 Å². The maximum atomic E-state index is 12.8. The number of benzene rings is 1. The van der Waals surface area contributed by atoms with E-state index in [1.807, 2.05) is 35.0 Å². The zero-order valence-corrected chi connectivity index (χ0v) is 10.4. The van der Waals surface area contributed by atoms with Crippen molar-refractivity contribution < 1.29 is 8.78 Å². The van der Waals surface area contributed by atoms with E-state index in [-0.39, 0.29) is 18.8 Å². The molecule has 3 nitrogen and oxygen atoms in total. The van der Waals surface area contributed by atoms with E-state index in [0.717, 1.165) is 16.9 Å². The molecule has 0 saturated heterocycles. The Labute approximate surface area is 110 Å². The molecule has 1 aromatic heterocycles. The first-order valence-electron chi connectivity index (χ1n) is 6.28. The van der Waals surface area contributed by atoms with Gasteiger partial charge in [-0.2, -0.15) is 0 Å². The molecular formula is C14H15F2N3. The van der Waals surface area contributed by atoms with Crippen LogP contribution >= 0.6 is 0 Å². The average molecular weight is 263 g/mol. The van der Waals surface area contributed by atoms with Crippen molar-refractivity contribution in [2.45, 2.75) is 31.2 Å². The van der Waals surface area contributed by atoms with Gasteiger partial charge < -0.3 is 10.3 Å². The highest BCUT2D eigenvalue weighted by Gasteiger charge is 2.46. The number of nitrogens with two attached hydrogens (primary N) is 1. The fourth-order valence-corrected chi connectivity index (χ4v) is 2.36. The van der Waals surface area contributed by atoms with Crippen molar-refractivity contribution in [3.05, 3.63) is 48.0 Å². The number of rotatable bonds is 3. The molecule has 0 unspecified atom stereocenters. The van der Waals surface area contributed by atoms with Crippen LogP contribution in [0.1, 0.15) is 30.0 Å². The molecule has 5 heteroatoms. The summed E-state index contributed by atoms with van der Waals surface area (Å²) in [5, 5.41) is 0. The Bertz CT molecular complexity index is 567. The van der Waals surface area contributed by atoms with Gasteiger partial charge in [-0.3, -0.25) is 0 Å². The zero-order chi connectivity index (χ0) is 13.5. The molecule has 0 aliphatic heterocycles. The van der Waals surface area contributed by atoms with Gasteiger partial charge in [-0.15, -0.1) is 0 Å². The molecule has 3 rings (SSSR count). The molecule has 100 valence electrons. The predicted octanol–water partition coefficient (Wildman–Crippen LogP) is 2.84. The first-order valence-corrected chi connectivity index (χ1v) is 6.28. The number of alkyl halides is 2. The van der Waals surface area contributed by atoms with Gasteiger partial charge in [0.2, 0.25) is 5.92 Å². The zero-order valence-electron chi connectivity index (χ0n) is 10.4. The van der Waals surface area contributed by atoms with Crippen LogP contribution in [-0.2, 0) is 6.54 Å². The Kier molecular flexibility index (Phi) is 2.86. The van der Waals surface area contributed by atoms with E-state index in [2.05, 4.69) is 4.98 Å². The number of nitrogens with zero attached hydrogens (tertiary/aromatic N) is 2. The van der Waals surface area contributed by atoms with Crippen molar-refractivity contribution in [3.63, 3.8) is 0 Å². The minimum Gasteiger partial charge on any atom is -0.326 e. The summed E-state index contributed by atoms with van der Waals surface area (Å²) in [5.74, 6) is -2.61. The van der Waals surface area contributed by atoms with Crippen LogP contribution in [-0.4, -0.2) is 15.5 Å². The van der Waals surface area contributed by atoms with E-state index < -0.39 is 5.92 Å². The summed E-state index contributed by atoms with van der Waals surface area (Å²) >= 11 is 0. The average Bonchev–Trinajstić information content (AvgIpc) is 2.85. The van der Waals surface area contributed by atoms with Crippen LogP contribution in [0.5, 0.6) is 0 Å². The summed E-state index contributed by atoms with van der Waals surface area (Å²) < 4.78 is 27.5. The molecule has 0 radical (unpaired) electrons. The van der Waals surface area contributed by atoms with Crippen LogP contribution in [0.4, 0.5) is 8.78 Å². The monoisotopic (exact) mass is 263 g/mol. The van der Waals surface area contributed by atoms with Crippen LogP contribution in [0, 0.1) is 0 Å². The van der Waals surface area contributed by atoms with Gasteiger partial charge in [-0.05, 0) is 17.7 Å². The van der Waals surface area contributed by atoms with Crippen LogP contribution in [0.15, 0.2) is 36.8 Å². The normalized spacial score (nSPS) is 18.3. The van der Waals surface area contributed by atoms with Crippen molar-refractivity contribution in [3.8, 4) is 5.69 Å². The number of halogens is 2. The van der Waals surface area contributed by atoms with Gasteiger partial charge in [0.25, 0.3) is 0 Å². The standard InChI is InChI=1S/C14H15F2N3/c15-14(16)5-11(6-14)13-8-19(9-18-13)12-3-1-10(7-17)2-4-12/h1-4,8-9,11H,5-7,17H2. The van der Waals surface area contributed by atoms with Crippen molar-refractivity contribution in [2.75, 3.05) is 0 Å². The lowest BCUT2D eigenvalue weighted by molar-refractivity contribution is -0.0875. The number of imidazole rings is 1. The molecule has 1 saturated carbocycles. The van der Waals surface area contributed by atoms with Gasteiger partial charge in [-0.25, -0.2) is 13.8 Å². The molecule has 1 aliphatic carbocycles. The second kappa shape index (κ2) is 4.42. The topological polar surface area (TPSA) is 43.8 Å². The maximum absolute atomic E-state index is 12.8. The summed E-state index contributed by atoms with van der Waals surface area (Å²) in [6, 6.07) is 7.80. The lowest BCUT2D eigenvalue weighted by atomic mass is 9.79. The van der Waals surface area contributed by atoms with E-state index in [4.69, 9.17) is 5.73 Å².